The van der Waals surface area contributed by atoms with E-state index in [0.717, 1.165) is 39.6 Å². The van der Waals surface area contributed by atoms with E-state index in [4.69, 9.17) is 9.72 Å². The Morgan fingerprint density at radius 3 is 2.29 bits per heavy atom. The first-order chi connectivity index (χ1) is 15.2. The molecule has 1 atom stereocenters. The van der Waals surface area contributed by atoms with Crippen molar-refractivity contribution in [3.8, 4) is 17.0 Å². The molecule has 1 aliphatic heterocycles. The zero-order valence-electron chi connectivity index (χ0n) is 17.2. The summed E-state index contributed by atoms with van der Waals surface area (Å²) in [5, 5.41) is 3.42. The van der Waals surface area contributed by atoms with Gasteiger partial charge in [0, 0.05) is 17.5 Å². The number of fused-ring (bicyclic) bond motifs is 1. The number of hydrogen-bond donors (Lipinski definition) is 1. The monoisotopic (exact) mass is 408 g/mol. The van der Waals surface area contributed by atoms with Crippen molar-refractivity contribution in [3.63, 3.8) is 0 Å². The minimum Gasteiger partial charge on any atom is -0.497 e. The molecule has 152 valence electrons. The molecule has 0 saturated carbocycles. The van der Waals surface area contributed by atoms with Gasteiger partial charge in [-0.15, -0.1) is 0 Å². The number of nitrogens with zero attached hydrogens (tertiary/aromatic N) is 2. The summed E-state index contributed by atoms with van der Waals surface area (Å²) in [4.78, 5) is 18.3. The smallest absolute Gasteiger partial charge is 0.363 e. The summed E-state index contributed by atoms with van der Waals surface area (Å²) in [6.45, 7) is 0. The van der Waals surface area contributed by atoms with Crippen LogP contribution in [0, 0.1) is 0 Å². The van der Waals surface area contributed by atoms with E-state index >= 15 is 0 Å². The van der Waals surface area contributed by atoms with Gasteiger partial charge in [0.25, 0.3) is 0 Å². The van der Waals surface area contributed by atoms with Crippen molar-refractivity contribution in [2.45, 2.75) is 12.5 Å². The quantitative estimate of drug-likeness (QED) is 0.496. The summed E-state index contributed by atoms with van der Waals surface area (Å²) in [5.74, 6) is 1.52. The Balaban J connectivity index is 1.60. The first-order valence-electron chi connectivity index (χ1n) is 10.2. The van der Waals surface area contributed by atoms with Gasteiger partial charge in [0.05, 0.1) is 7.11 Å². The Labute approximate surface area is 181 Å². The third kappa shape index (κ3) is 3.66. The summed E-state index contributed by atoms with van der Waals surface area (Å²) in [5.41, 5.74) is 4.60. The molecule has 5 rings (SSSR count). The Hall–Kier alpha value is -3.99. The van der Waals surface area contributed by atoms with Crippen LogP contribution in [0.25, 0.3) is 11.3 Å². The standard InChI is InChI=1S/C26H21N3O2/c1-31-21-14-12-19(13-15-21)23-17-29-25(22(27-23)16-18-8-4-2-5-9-18)28-24(26(29)30)20-10-6-3-7-11-20/h2-15,17,24H,16H2,1H3/p+1. The van der Waals surface area contributed by atoms with Gasteiger partial charge in [-0.3, -0.25) is 5.32 Å². The lowest BCUT2D eigenvalue weighted by Gasteiger charge is -2.08. The van der Waals surface area contributed by atoms with Gasteiger partial charge < -0.3 is 4.74 Å². The third-order valence-corrected chi connectivity index (χ3v) is 5.52. The van der Waals surface area contributed by atoms with Gasteiger partial charge in [-0.1, -0.05) is 60.7 Å². The lowest BCUT2D eigenvalue weighted by atomic mass is 10.1. The third-order valence-electron chi connectivity index (χ3n) is 5.52. The molecular formula is C26H22N3O2+. The highest BCUT2D eigenvalue weighted by molar-refractivity contribution is 5.84. The number of anilines is 1. The minimum atomic E-state index is -0.427. The second-order valence-electron chi connectivity index (χ2n) is 7.51. The average molecular weight is 408 g/mol. The summed E-state index contributed by atoms with van der Waals surface area (Å²) < 4.78 is 6.98. The Morgan fingerprint density at radius 2 is 1.61 bits per heavy atom. The highest BCUT2D eigenvalue weighted by atomic mass is 16.5. The van der Waals surface area contributed by atoms with Gasteiger partial charge in [-0.05, 0) is 29.8 Å². The molecule has 31 heavy (non-hydrogen) atoms. The highest BCUT2D eigenvalue weighted by Crippen LogP contribution is 2.29. The average Bonchev–Trinajstić information content (AvgIpc) is 3.17. The molecule has 2 heterocycles. The highest BCUT2D eigenvalue weighted by Gasteiger charge is 2.42. The van der Waals surface area contributed by atoms with Crippen molar-refractivity contribution < 1.29 is 14.1 Å². The van der Waals surface area contributed by atoms with E-state index in [1.54, 1.807) is 11.7 Å². The number of hydrogen-bond acceptors (Lipinski definition) is 4. The zero-order valence-corrected chi connectivity index (χ0v) is 17.2. The predicted octanol–water partition coefficient (Wildman–Crippen LogP) is 4.44. The fourth-order valence-corrected chi connectivity index (χ4v) is 3.90. The molecule has 0 amide bonds. The molecule has 1 aromatic heterocycles. The Morgan fingerprint density at radius 1 is 0.935 bits per heavy atom. The summed E-state index contributed by atoms with van der Waals surface area (Å²) in [6, 6.07) is 27.3. The molecule has 0 bridgehead atoms. The minimum absolute atomic E-state index is 0.00678. The summed E-state index contributed by atoms with van der Waals surface area (Å²) in [6.07, 6.45) is 2.45. The topological polar surface area (TPSA) is 55.1 Å². The van der Waals surface area contributed by atoms with Crippen LogP contribution in [0.5, 0.6) is 5.75 Å². The predicted molar refractivity (Wildman–Crippen MR) is 119 cm³/mol. The Kier molecular flexibility index (Phi) is 4.92. The van der Waals surface area contributed by atoms with Crippen molar-refractivity contribution in [1.82, 2.24) is 4.98 Å². The molecule has 3 aromatic carbocycles. The first-order valence-corrected chi connectivity index (χ1v) is 10.2. The first kappa shape index (κ1) is 19.0. The van der Waals surface area contributed by atoms with Crippen LogP contribution >= 0.6 is 0 Å². The molecule has 4 aromatic rings. The van der Waals surface area contributed by atoms with Crippen LogP contribution in [-0.4, -0.2) is 18.0 Å². The van der Waals surface area contributed by atoms with E-state index in [2.05, 4.69) is 17.4 Å². The number of carbonyl (C=O) groups excluding carboxylic acids is 1. The van der Waals surface area contributed by atoms with Gasteiger partial charge in [0.2, 0.25) is 6.04 Å². The van der Waals surface area contributed by atoms with Crippen LogP contribution in [-0.2, 0) is 6.42 Å². The van der Waals surface area contributed by atoms with E-state index in [1.807, 2.05) is 79.0 Å². The van der Waals surface area contributed by atoms with E-state index in [0.29, 0.717) is 6.42 Å². The molecule has 5 nitrogen and oxygen atoms in total. The largest absolute Gasteiger partial charge is 0.497 e. The maximum atomic E-state index is 13.3. The number of nitrogens with one attached hydrogen (secondary N) is 1. The van der Waals surface area contributed by atoms with Gasteiger partial charge in [-0.25, -0.2) is 9.78 Å². The van der Waals surface area contributed by atoms with E-state index in [9.17, 15) is 4.79 Å². The molecule has 0 radical (unpaired) electrons. The molecule has 1 unspecified atom stereocenters. The maximum Gasteiger partial charge on any atom is 0.363 e. The van der Waals surface area contributed by atoms with Crippen LogP contribution in [0.2, 0.25) is 0 Å². The molecule has 0 spiro atoms. The fraction of sp³-hybridized carbons (Fsp3) is 0.115. The second kappa shape index (κ2) is 8.03. The lowest BCUT2D eigenvalue weighted by molar-refractivity contribution is -0.552. The molecule has 0 aliphatic carbocycles. The second-order valence-corrected chi connectivity index (χ2v) is 7.51. The number of benzene rings is 3. The molecule has 5 heteroatoms. The SMILES string of the molecule is COc1ccc(-c2c[n+]3c(c(Cc4ccccc4)n2)NC(c2ccccc2)C3=O)cc1. The van der Waals surface area contributed by atoms with Crippen molar-refractivity contribution >= 4 is 11.7 Å². The number of carbonyl (C=O) groups is 1. The van der Waals surface area contributed by atoms with Crippen LogP contribution < -0.4 is 14.6 Å². The maximum absolute atomic E-state index is 13.3. The summed E-state index contributed by atoms with van der Waals surface area (Å²) >= 11 is 0. The Bertz CT molecular complexity index is 1220. The fourth-order valence-electron chi connectivity index (χ4n) is 3.90. The molecule has 0 fully saturated rings. The van der Waals surface area contributed by atoms with Gasteiger partial charge in [-0.2, -0.15) is 4.57 Å². The molecule has 1 N–H and O–H groups in total. The van der Waals surface area contributed by atoms with Crippen LogP contribution in [0.15, 0.2) is 91.1 Å². The van der Waals surface area contributed by atoms with E-state index in [1.165, 1.54) is 0 Å². The number of rotatable bonds is 5. The molecule has 1 aliphatic rings. The zero-order chi connectivity index (χ0) is 21.2. The molecular weight excluding hydrogens is 386 g/mol. The van der Waals surface area contributed by atoms with E-state index < -0.39 is 6.04 Å². The normalized spacial score (nSPS) is 14.7. The van der Waals surface area contributed by atoms with Gasteiger partial charge in [0.1, 0.15) is 23.3 Å². The molecule has 0 saturated heterocycles. The number of methoxy groups -OCH3 is 1. The summed E-state index contributed by atoms with van der Waals surface area (Å²) in [7, 11) is 1.64. The van der Waals surface area contributed by atoms with Crippen molar-refractivity contribution in [2.24, 2.45) is 0 Å². The number of ether oxygens (including phenoxy) is 1. The van der Waals surface area contributed by atoms with Crippen LogP contribution in [0.1, 0.15) is 27.7 Å². The van der Waals surface area contributed by atoms with Crippen LogP contribution in [0.3, 0.4) is 0 Å². The number of aromatic nitrogens is 2. The van der Waals surface area contributed by atoms with E-state index in [-0.39, 0.29) is 5.91 Å². The van der Waals surface area contributed by atoms with Crippen molar-refractivity contribution in [1.29, 1.82) is 0 Å². The van der Waals surface area contributed by atoms with Crippen LogP contribution in [0.4, 0.5) is 5.82 Å². The lowest BCUT2D eigenvalue weighted by Crippen LogP contribution is -2.41. The van der Waals surface area contributed by atoms with Gasteiger partial charge in [0.15, 0.2) is 0 Å². The van der Waals surface area contributed by atoms with Gasteiger partial charge >= 0.3 is 11.7 Å². The van der Waals surface area contributed by atoms with Crippen molar-refractivity contribution in [3.05, 3.63) is 108 Å². The van der Waals surface area contributed by atoms with Crippen molar-refractivity contribution in [2.75, 3.05) is 12.4 Å².